The summed E-state index contributed by atoms with van der Waals surface area (Å²) in [5, 5.41) is 1.73. The third kappa shape index (κ3) is 5.06. The second kappa shape index (κ2) is 9.43. The van der Waals surface area contributed by atoms with Gasteiger partial charge >= 0.3 is 0 Å². The summed E-state index contributed by atoms with van der Waals surface area (Å²) in [7, 11) is -3.76. The van der Waals surface area contributed by atoms with Gasteiger partial charge in [-0.1, -0.05) is 54.1 Å². The van der Waals surface area contributed by atoms with E-state index in [1.165, 1.54) is 15.9 Å². The molecule has 0 bridgehead atoms. The van der Waals surface area contributed by atoms with Crippen LogP contribution in [0.15, 0.2) is 60.0 Å². The van der Waals surface area contributed by atoms with E-state index in [1.54, 1.807) is 29.2 Å². The Labute approximate surface area is 205 Å². The largest absolute Gasteiger partial charge is 0.348 e. The maximum absolute atomic E-state index is 12.9. The van der Waals surface area contributed by atoms with Crippen LogP contribution in [0.1, 0.15) is 24.0 Å². The van der Waals surface area contributed by atoms with Crippen LogP contribution >= 0.6 is 11.6 Å². The van der Waals surface area contributed by atoms with Crippen LogP contribution in [0.5, 0.6) is 0 Å². The average Bonchev–Trinajstić information content (AvgIpc) is 3.20. The van der Waals surface area contributed by atoms with E-state index in [9.17, 15) is 13.2 Å². The van der Waals surface area contributed by atoms with Crippen molar-refractivity contribution in [3.8, 4) is 0 Å². The van der Waals surface area contributed by atoms with Gasteiger partial charge in [0.2, 0.25) is 15.9 Å². The third-order valence-corrected chi connectivity index (χ3v) is 8.59. The van der Waals surface area contributed by atoms with Gasteiger partial charge in [-0.2, -0.15) is 4.31 Å². The van der Waals surface area contributed by atoms with Gasteiger partial charge in [0.15, 0.2) is 0 Å². The third-order valence-electron chi connectivity index (χ3n) is 6.86. The Morgan fingerprint density at radius 2 is 1.76 bits per heavy atom. The second-order valence-electron chi connectivity index (χ2n) is 9.23. The van der Waals surface area contributed by atoms with Crippen molar-refractivity contribution < 1.29 is 17.9 Å². The number of hydrogen-bond donors (Lipinski definition) is 0. The fourth-order valence-corrected chi connectivity index (χ4v) is 6.17. The average molecular weight is 502 g/mol. The first-order valence-electron chi connectivity index (χ1n) is 11.5. The number of benzene rings is 2. The molecule has 0 saturated carbocycles. The summed E-state index contributed by atoms with van der Waals surface area (Å²) in [6.07, 6.45) is 2.62. The molecule has 1 amide bonds. The molecular weight excluding hydrogens is 474 g/mol. The van der Waals surface area contributed by atoms with Crippen molar-refractivity contribution in [1.29, 1.82) is 0 Å². The number of amides is 1. The molecule has 0 radical (unpaired) electrons. The minimum Gasteiger partial charge on any atom is -0.348 e. The molecule has 7 nitrogen and oxygen atoms in total. The molecule has 1 unspecified atom stereocenters. The summed E-state index contributed by atoms with van der Waals surface area (Å²) in [4.78, 5) is 17.0. The lowest BCUT2D eigenvalue weighted by Crippen LogP contribution is -2.55. The molecule has 0 aliphatic carbocycles. The zero-order valence-corrected chi connectivity index (χ0v) is 20.4. The standard InChI is InChI=1S/C25H28ClN3O4S/c26-22-8-6-20(7-9-22)10-15-34(31,32)28-17-23(30)29-19-25(33-24(29)18-28)11-13-27(14-12-25)16-21-4-2-1-3-5-21/h1-10,15,24H,11-14,16-19H2. The maximum atomic E-state index is 12.9. The first-order chi connectivity index (χ1) is 16.3. The van der Waals surface area contributed by atoms with Gasteiger partial charge in [0, 0.05) is 30.1 Å². The van der Waals surface area contributed by atoms with Crippen molar-refractivity contribution in [3.63, 3.8) is 0 Å². The van der Waals surface area contributed by atoms with Crippen LogP contribution in [0.25, 0.3) is 6.08 Å². The van der Waals surface area contributed by atoms with Crippen LogP contribution in [0, 0.1) is 0 Å². The van der Waals surface area contributed by atoms with Crippen LogP contribution in [-0.4, -0.2) is 73.0 Å². The van der Waals surface area contributed by atoms with Gasteiger partial charge in [-0.3, -0.25) is 9.69 Å². The SMILES string of the molecule is O=C1CN(S(=O)(=O)C=Cc2ccc(Cl)cc2)CC2OC3(CCN(Cc4ccccc4)CC3)CN12. The number of carbonyl (C=O) groups is 1. The summed E-state index contributed by atoms with van der Waals surface area (Å²) in [6.45, 7) is 3.18. The van der Waals surface area contributed by atoms with Gasteiger partial charge in [-0.25, -0.2) is 8.42 Å². The first-order valence-corrected chi connectivity index (χ1v) is 13.4. The van der Waals surface area contributed by atoms with E-state index in [-0.39, 0.29) is 19.0 Å². The number of halogens is 1. The summed E-state index contributed by atoms with van der Waals surface area (Å²) < 4.78 is 33.5. The highest BCUT2D eigenvalue weighted by molar-refractivity contribution is 7.92. The Bertz CT molecular complexity index is 1160. The molecule has 3 fully saturated rings. The Kier molecular flexibility index (Phi) is 6.52. The number of likely N-dealkylation sites (tertiary alicyclic amines) is 1. The molecular formula is C25H28ClN3O4S. The van der Waals surface area contributed by atoms with Crippen molar-refractivity contribution in [2.24, 2.45) is 0 Å². The molecule has 3 aliphatic rings. The minimum atomic E-state index is -3.76. The number of hydrogen-bond acceptors (Lipinski definition) is 5. The Hall–Kier alpha value is -2.23. The van der Waals surface area contributed by atoms with Gasteiger partial charge in [0.1, 0.15) is 6.23 Å². The van der Waals surface area contributed by atoms with E-state index in [2.05, 4.69) is 29.2 Å². The van der Waals surface area contributed by atoms with Crippen LogP contribution < -0.4 is 0 Å². The quantitative estimate of drug-likeness (QED) is 0.629. The second-order valence-corrected chi connectivity index (χ2v) is 11.5. The molecule has 9 heteroatoms. The Morgan fingerprint density at radius 3 is 2.47 bits per heavy atom. The van der Waals surface area contributed by atoms with Crippen LogP contribution in [-0.2, 0) is 26.1 Å². The number of rotatable bonds is 5. The summed E-state index contributed by atoms with van der Waals surface area (Å²) >= 11 is 5.89. The molecule has 1 atom stereocenters. The normalized spacial score (nSPS) is 23.6. The molecule has 2 aromatic carbocycles. The van der Waals surface area contributed by atoms with Crippen molar-refractivity contribution in [1.82, 2.24) is 14.1 Å². The highest BCUT2D eigenvalue weighted by atomic mass is 35.5. The number of nitrogens with zero attached hydrogens (tertiary/aromatic N) is 3. The predicted molar refractivity (Wildman–Crippen MR) is 131 cm³/mol. The molecule has 1 spiro atoms. The topological polar surface area (TPSA) is 70.2 Å². The van der Waals surface area contributed by atoms with Crippen LogP contribution in [0.3, 0.4) is 0 Å². The van der Waals surface area contributed by atoms with E-state index >= 15 is 0 Å². The van der Waals surface area contributed by atoms with E-state index in [1.807, 2.05) is 6.07 Å². The summed E-state index contributed by atoms with van der Waals surface area (Å²) in [5.41, 5.74) is 1.61. The highest BCUT2D eigenvalue weighted by Gasteiger charge is 2.51. The van der Waals surface area contributed by atoms with Gasteiger partial charge in [-0.15, -0.1) is 0 Å². The molecule has 180 valence electrons. The van der Waals surface area contributed by atoms with E-state index in [0.29, 0.717) is 11.6 Å². The molecule has 3 heterocycles. The lowest BCUT2D eigenvalue weighted by Gasteiger charge is -2.38. The van der Waals surface area contributed by atoms with E-state index in [0.717, 1.165) is 43.4 Å². The zero-order chi connectivity index (χ0) is 23.8. The predicted octanol–water partition coefficient (Wildman–Crippen LogP) is 3.18. The lowest BCUT2D eigenvalue weighted by atomic mass is 9.91. The van der Waals surface area contributed by atoms with Crippen molar-refractivity contribution in [3.05, 3.63) is 76.2 Å². The number of sulfonamides is 1. The molecule has 2 aromatic rings. The number of ether oxygens (including phenoxy) is 1. The van der Waals surface area contributed by atoms with E-state index in [4.69, 9.17) is 16.3 Å². The number of fused-ring (bicyclic) bond motifs is 1. The van der Waals surface area contributed by atoms with Gasteiger partial charge in [0.05, 0.1) is 25.2 Å². The number of carbonyl (C=O) groups excluding carboxylic acids is 1. The van der Waals surface area contributed by atoms with Crippen LogP contribution in [0.2, 0.25) is 5.02 Å². The summed E-state index contributed by atoms with van der Waals surface area (Å²) in [6, 6.07) is 17.3. The van der Waals surface area contributed by atoms with Gasteiger partial charge in [-0.05, 0) is 42.2 Å². The number of piperazine rings is 1. The molecule has 34 heavy (non-hydrogen) atoms. The molecule has 0 aromatic heterocycles. The van der Waals surface area contributed by atoms with Gasteiger partial charge < -0.3 is 9.64 Å². The molecule has 0 N–H and O–H groups in total. The smallest absolute Gasteiger partial charge is 0.240 e. The van der Waals surface area contributed by atoms with Gasteiger partial charge in [0.25, 0.3) is 0 Å². The van der Waals surface area contributed by atoms with Crippen molar-refractivity contribution in [2.45, 2.75) is 31.2 Å². The fourth-order valence-electron chi connectivity index (χ4n) is 4.92. The van der Waals surface area contributed by atoms with Crippen molar-refractivity contribution in [2.75, 3.05) is 32.7 Å². The number of piperidine rings is 1. The minimum absolute atomic E-state index is 0.147. The lowest BCUT2D eigenvalue weighted by molar-refractivity contribution is -0.145. The van der Waals surface area contributed by atoms with E-state index < -0.39 is 21.9 Å². The van der Waals surface area contributed by atoms with Crippen LogP contribution in [0.4, 0.5) is 0 Å². The molecule has 3 aliphatic heterocycles. The molecule has 5 rings (SSSR count). The maximum Gasteiger partial charge on any atom is 0.240 e. The fraction of sp³-hybridized carbons (Fsp3) is 0.400. The Balaban J connectivity index is 1.21. The zero-order valence-electron chi connectivity index (χ0n) is 18.8. The van der Waals surface area contributed by atoms with Crippen molar-refractivity contribution >= 4 is 33.6 Å². The summed E-state index contributed by atoms with van der Waals surface area (Å²) in [5.74, 6) is -0.205. The first kappa shape index (κ1) is 23.5. The monoisotopic (exact) mass is 501 g/mol. The highest BCUT2D eigenvalue weighted by Crippen LogP contribution is 2.37. The molecule has 3 saturated heterocycles. The Morgan fingerprint density at radius 1 is 1.06 bits per heavy atom.